The van der Waals surface area contributed by atoms with Gasteiger partial charge in [0.2, 0.25) is 0 Å². The highest BCUT2D eigenvalue weighted by Gasteiger charge is 2.18. The van der Waals surface area contributed by atoms with E-state index >= 15 is 0 Å². The van der Waals surface area contributed by atoms with Crippen LogP contribution < -0.4 is 0 Å². The Morgan fingerprint density at radius 2 is 0.979 bits per heavy atom. The smallest absolute Gasteiger partial charge is 0.160 e. The van der Waals surface area contributed by atoms with Crippen molar-refractivity contribution in [2.75, 3.05) is 0 Å². The Hall–Kier alpha value is -6.32. The van der Waals surface area contributed by atoms with Crippen molar-refractivity contribution in [2.45, 2.75) is 0 Å². The summed E-state index contributed by atoms with van der Waals surface area (Å²) in [6.45, 7) is 0. The molecular formula is C44H29N3. The Bertz CT molecular complexity index is 2550. The standard InChI is InChI=1S/C44H29N3/c1-3-13-30(14-4-1)31-25-27-32(28-26-31)36-21-12-22-38-37-19-8-10-24-41(37)47(43(36)38)35-18-11-17-34(29-35)44-45-40-23-9-7-20-39(40)42(46-44)33-15-5-2-6-16-33/h1-29H. The minimum absolute atomic E-state index is 0.710. The normalized spacial score (nSPS) is 11.4. The van der Waals surface area contributed by atoms with Gasteiger partial charge in [0.15, 0.2) is 5.82 Å². The molecule has 47 heavy (non-hydrogen) atoms. The molecule has 0 aliphatic rings. The second-order valence-corrected chi connectivity index (χ2v) is 11.8. The number of fused-ring (bicyclic) bond motifs is 4. The van der Waals surface area contributed by atoms with Crippen LogP contribution in [0, 0.1) is 0 Å². The van der Waals surface area contributed by atoms with Gasteiger partial charge in [0, 0.05) is 38.5 Å². The van der Waals surface area contributed by atoms with E-state index in [0.29, 0.717) is 5.82 Å². The van der Waals surface area contributed by atoms with Crippen LogP contribution in [0.25, 0.3) is 83.3 Å². The second kappa shape index (κ2) is 11.2. The van der Waals surface area contributed by atoms with Crippen molar-refractivity contribution in [1.82, 2.24) is 14.5 Å². The lowest BCUT2D eigenvalue weighted by Gasteiger charge is -2.14. The molecule has 3 nitrogen and oxygen atoms in total. The van der Waals surface area contributed by atoms with Crippen LogP contribution in [0.1, 0.15) is 0 Å². The van der Waals surface area contributed by atoms with Gasteiger partial charge in [-0.3, -0.25) is 0 Å². The summed E-state index contributed by atoms with van der Waals surface area (Å²) in [5.74, 6) is 0.710. The third kappa shape index (κ3) is 4.68. The molecule has 0 amide bonds. The molecule has 0 atom stereocenters. The molecule has 0 N–H and O–H groups in total. The van der Waals surface area contributed by atoms with Crippen LogP contribution in [-0.2, 0) is 0 Å². The highest BCUT2D eigenvalue weighted by molar-refractivity contribution is 6.13. The van der Waals surface area contributed by atoms with Gasteiger partial charge in [0.25, 0.3) is 0 Å². The zero-order valence-corrected chi connectivity index (χ0v) is 25.6. The topological polar surface area (TPSA) is 30.7 Å². The first-order valence-electron chi connectivity index (χ1n) is 15.9. The lowest BCUT2D eigenvalue weighted by Crippen LogP contribution is -1.98. The third-order valence-electron chi connectivity index (χ3n) is 9.01. The van der Waals surface area contributed by atoms with Crippen LogP contribution in [0.5, 0.6) is 0 Å². The summed E-state index contributed by atoms with van der Waals surface area (Å²) in [5, 5.41) is 3.50. The average molecular weight is 600 g/mol. The van der Waals surface area contributed by atoms with Gasteiger partial charge in [-0.2, -0.15) is 0 Å². The van der Waals surface area contributed by atoms with Gasteiger partial charge in [-0.1, -0.05) is 152 Å². The summed E-state index contributed by atoms with van der Waals surface area (Å²) < 4.78 is 2.40. The number of aromatic nitrogens is 3. The lowest BCUT2D eigenvalue weighted by atomic mass is 9.98. The number of hydrogen-bond donors (Lipinski definition) is 0. The Labute approximate surface area is 273 Å². The Morgan fingerprint density at radius 3 is 1.79 bits per heavy atom. The van der Waals surface area contributed by atoms with Crippen molar-refractivity contribution in [2.24, 2.45) is 0 Å². The van der Waals surface area contributed by atoms with E-state index in [2.05, 4.69) is 162 Å². The fourth-order valence-corrected chi connectivity index (χ4v) is 6.80. The number of para-hydroxylation sites is 3. The highest BCUT2D eigenvalue weighted by Crippen LogP contribution is 2.39. The molecule has 220 valence electrons. The fourth-order valence-electron chi connectivity index (χ4n) is 6.80. The van der Waals surface area contributed by atoms with Gasteiger partial charge in [0.1, 0.15) is 0 Å². The van der Waals surface area contributed by atoms with Crippen LogP contribution in [0.4, 0.5) is 0 Å². The Balaban J connectivity index is 1.24. The van der Waals surface area contributed by atoms with Gasteiger partial charge < -0.3 is 4.57 Å². The maximum absolute atomic E-state index is 5.17. The molecule has 0 aliphatic heterocycles. The van der Waals surface area contributed by atoms with Crippen LogP contribution in [0.3, 0.4) is 0 Å². The van der Waals surface area contributed by atoms with Crippen LogP contribution in [-0.4, -0.2) is 14.5 Å². The second-order valence-electron chi connectivity index (χ2n) is 11.8. The van der Waals surface area contributed by atoms with E-state index in [9.17, 15) is 0 Å². The minimum Gasteiger partial charge on any atom is -0.309 e. The SMILES string of the molecule is c1ccc(-c2ccc(-c3cccc4c5ccccc5n(-c5cccc(-c6nc(-c7ccccc7)c7ccccc7n6)c5)c34)cc2)cc1. The van der Waals surface area contributed by atoms with Gasteiger partial charge in [-0.25, -0.2) is 9.97 Å². The van der Waals surface area contributed by atoms with Crippen molar-refractivity contribution in [1.29, 1.82) is 0 Å². The molecule has 0 bridgehead atoms. The molecule has 0 saturated heterocycles. The van der Waals surface area contributed by atoms with Crippen LogP contribution in [0.2, 0.25) is 0 Å². The quantitative estimate of drug-likeness (QED) is 0.197. The summed E-state index contributed by atoms with van der Waals surface area (Å²) in [6.07, 6.45) is 0. The Morgan fingerprint density at radius 1 is 0.383 bits per heavy atom. The zero-order chi connectivity index (χ0) is 31.2. The summed E-state index contributed by atoms with van der Waals surface area (Å²) >= 11 is 0. The first-order chi connectivity index (χ1) is 23.3. The van der Waals surface area contributed by atoms with Gasteiger partial charge in [-0.05, 0) is 41.0 Å². The van der Waals surface area contributed by atoms with Crippen molar-refractivity contribution >= 4 is 32.7 Å². The predicted octanol–water partition coefficient (Wildman–Crippen LogP) is 11.4. The monoisotopic (exact) mass is 599 g/mol. The Kier molecular flexibility index (Phi) is 6.46. The van der Waals surface area contributed by atoms with E-state index in [0.717, 1.165) is 38.9 Å². The van der Waals surface area contributed by atoms with Gasteiger partial charge in [0.05, 0.1) is 22.2 Å². The van der Waals surface area contributed by atoms with Crippen molar-refractivity contribution in [3.63, 3.8) is 0 Å². The highest BCUT2D eigenvalue weighted by atomic mass is 15.0. The minimum atomic E-state index is 0.710. The number of nitrogens with zero attached hydrogens (tertiary/aromatic N) is 3. The average Bonchev–Trinajstić information content (AvgIpc) is 3.50. The van der Waals surface area contributed by atoms with E-state index in [4.69, 9.17) is 9.97 Å². The van der Waals surface area contributed by atoms with E-state index in [1.807, 2.05) is 18.2 Å². The maximum Gasteiger partial charge on any atom is 0.160 e. The van der Waals surface area contributed by atoms with E-state index < -0.39 is 0 Å². The molecule has 9 aromatic rings. The van der Waals surface area contributed by atoms with Crippen LogP contribution in [0.15, 0.2) is 176 Å². The summed E-state index contributed by atoms with van der Waals surface area (Å²) in [6, 6.07) is 62.0. The molecule has 2 heterocycles. The fraction of sp³-hybridized carbons (Fsp3) is 0. The van der Waals surface area contributed by atoms with E-state index in [1.165, 1.54) is 38.5 Å². The predicted molar refractivity (Wildman–Crippen MR) is 196 cm³/mol. The van der Waals surface area contributed by atoms with E-state index in [-0.39, 0.29) is 0 Å². The first-order valence-corrected chi connectivity index (χ1v) is 15.9. The molecule has 0 spiro atoms. The number of benzene rings is 7. The summed E-state index contributed by atoms with van der Waals surface area (Å²) in [4.78, 5) is 10.2. The first kappa shape index (κ1) is 27.0. The molecule has 9 rings (SSSR count). The van der Waals surface area contributed by atoms with E-state index in [1.54, 1.807) is 0 Å². The van der Waals surface area contributed by atoms with Crippen molar-refractivity contribution in [3.05, 3.63) is 176 Å². The molecule has 3 heteroatoms. The molecule has 0 saturated carbocycles. The maximum atomic E-state index is 5.17. The summed E-state index contributed by atoms with van der Waals surface area (Å²) in [5.41, 5.74) is 12.1. The molecule has 0 radical (unpaired) electrons. The molecule has 0 fully saturated rings. The van der Waals surface area contributed by atoms with Gasteiger partial charge in [-0.15, -0.1) is 0 Å². The van der Waals surface area contributed by atoms with Crippen molar-refractivity contribution in [3.8, 4) is 50.6 Å². The molecule has 2 aromatic heterocycles. The van der Waals surface area contributed by atoms with Crippen molar-refractivity contribution < 1.29 is 0 Å². The molecular weight excluding hydrogens is 571 g/mol. The number of hydrogen-bond acceptors (Lipinski definition) is 2. The van der Waals surface area contributed by atoms with Crippen LogP contribution >= 0.6 is 0 Å². The zero-order valence-electron chi connectivity index (χ0n) is 25.6. The number of rotatable bonds is 5. The summed E-state index contributed by atoms with van der Waals surface area (Å²) in [7, 11) is 0. The third-order valence-corrected chi connectivity index (χ3v) is 9.01. The largest absolute Gasteiger partial charge is 0.309 e. The molecule has 0 aliphatic carbocycles. The van der Waals surface area contributed by atoms with Gasteiger partial charge >= 0.3 is 0 Å². The molecule has 0 unspecified atom stereocenters. The lowest BCUT2D eigenvalue weighted by molar-refractivity contribution is 1.17. The molecule has 7 aromatic carbocycles.